The average molecular weight is 249 g/mol. The minimum atomic E-state index is 0.129. The van der Waals surface area contributed by atoms with E-state index in [1.165, 1.54) is 5.56 Å². The van der Waals surface area contributed by atoms with Crippen molar-refractivity contribution in [2.75, 3.05) is 13.2 Å². The number of ether oxygens (including phenoxy) is 1. The van der Waals surface area contributed by atoms with Crippen molar-refractivity contribution >= 4 is 5.91 Å². The molecule has 1 amide bonds. The summed E-state index contributed by atoms with van der Waals surface area (Å²) in [5.41, 5.74) is 2.40. The lowest BCUT2D eigenvalue weighted by atomic mass is 10.1. The molecule has 3 heteroatoms. The molecule has 0 aliphatic carbocycles. The van der Waals surface area contributed by atoms with Crippen molar-refractivity contribution in [1.82, 2.24) is 5.32 Å². The van der Waals surface area contributed by atoms with Crippen molar-refractivity contribution < 1.29 is 9.53 Å². The molecular weight excluding hydrogens is 226 g/mol. The Morgan fingerprint density at radius 2 is 2.11 bits per heavy atom. The van der Waals surface area contributed by atoms with E-state index in [1.807, 2.05) is 26.0 Å². The molecule has 0 fully saturated rings. The van der Waals surface area contributed by atoms with Gasteiger partial charge < -0.3 is 10.1 Å². The second-order valence-electron chi connectivity index (χ2n) is 4.57. The number of amides is 1. The van der Waals surface area contributed by atoms with E-state index in [4.69, 9.17) is 4.74 Å². The maximum atomic E-state index is 11.2. The lowest BCUT2D eigenvalue weighted by Gasteiger charge is -2.10. The van der Waals surface area contributed by atoms with E-state index in [1.54, 1.807) is 0 Å². The highest BCUT2D eigenvalue weighted by Gasteiger charge is 2.00. The first-order valence-corrected chi connectivity index (χ1v) is 6.60. The number of carbonyl (C=O) groups is 1. The topological polar surface area (TPSA) is 38.3 Å². The fourth-order valence-electron chi connectivity index (χ4n) is 1.76. The van der Waals surface area contributed by atoms with E-state index in [0.717, 1.165) is 24.2 Å². The van der Waals surface area contributed by atoms with Gasteiger partial charge in [0.05, 0.1) is 6.61 Å². The number of hydrogen-bond acceptors (Lipinski definition) is 2. The van der Waals surface area contributed by atoms with Crippen LogP contribution in [-0.4, -0.2) is 19.1 Å². The van der Waals surface area contributed by atoms with Gasteiger partial charge in [0.15, 0.2) is 0 Å². The molecule has 1 rings (SSSR count). The summed E-state index contributed by atoms with van der Waals surface area (Å²) >= 11 is 0. The Morgan fingerprint density at radius 1 is 1.33 bits per heavy atom. The number of hydrogen-bond donors (Lipinski definition) is 1. The first-order valence-electron chi connectivity index (χ1n) is 6.60. The molecule has 0 spiro atoms. The maximum Gasteiger partial charge on any atom is 0.219 e. The van der Waals surface area contributed by atoms with Crippen LogP contribution in [0.5, 0.6) is 5.75 Å². The zero-order valence-electron chi connectivity index (χ0n) is 11.6. The van der Waals surface area contributed by atoms with Gasteiger partial charge in [0, 0.05) is 13.0 Å². The molecule has 0 bridgehead atoms. The van der Waals surface area contributed by atoms with Crippen LogP contribution in [-0.2, 0) is 4.79 Å². The van der Waals surface area contributed by atoms with Crippen LogP contribution in [0.4, 0.5) is 0 Å². The first-order chi connectivity index (χ1) is 8.63. The third-order valence-electron chi connectivity index (χ3n) is 2.71. The van der Waals surface area contributed by atoms with E-state index in [2.05, 4.69) is 18.3 Å². The van der Waals surface area contributed by atoms with E-state index in [-0.39, 0.29) is 5.91 Å². The minimum Gasteiger partial charge on any atom is -0.493 e. The van der Waals surface area contributed by atoms with Crippen LogP contribution in [0.2, 0.25) is 0 Å². The Bertz CT molecular complexity index is 388. The minimum absolute atomic E-state index is 0.129. The van der Waals surface area contributed by atoms with Crippen LogP contribution in [0.25, 0.3) is 0 Å². The van der Waals surface area contributed by atoms with E-state index in [9.17, 15) is 4.79 Å². The lowest BCUT2D eigenvalue weighted by molar-refractivity contribution is -0.121. The second-order valence-corrected chi connectivity index (χ2v) is 4.57. The zero-order chi connectivity index (χ0) is 13.4. The van der Waals surface area contributed by atoms with Crippen LogP contribution in [0.15, 0.2) is 18.2 Å². The largest absolute Gasteiger partial charge is 0.493 e. The highest BCUT2D eigenvalue weighted by atomic mass is 16.5. The zero-order valence-corrected chi connectivity index (χ0v) is 11.6. The molecule has 1 aromatic rings. The molecule has 0 heterocycles. The molecule has 0 radical (unpaired) electrons. The quantitative estimate of drug-likeness (QED) is 0.754. The predicted molar refractivity (Wildman–Crippen MR) is 73.9 cm³/mol. The van der Waals surface area contributed by atoms with Crippen LogP contribution >= 0.6 is 0 Å². The molecule has 0 saturated carbocycles. The Hall–Kier alpha value is -1.51. The second kappa shape index (κ2) is 7.75. The molecule has 3 nitrogen and oxygen atoms in total. The van der Waals surface area contributed by atoms with Crippen molar-refractivity contribution in [3.63, 3.8) is 0 Å². The summed E-state index contributed by atoms with van der Waals surface area (Å²) in [7, 11) is 0. The first kappa shape index (κ1) is 14.6. The van der Waals surface area contributed by atoms with Crippen molar-refractivity contribution in [3.05, 3.63) is 29.3 Å². The Kier molecular flexibility index (Phi) is 6.26. The third-order valence-corrected chi connectivity index (χ3v) is 2.71. The van der Waals surface area contributed by atoms with Crippen LogP contribution < -0.4 is 10.1 Å². The molecular formula is C15H23NO2. The van der Waals surface area contributed by atoms with Gasteiger partial charge in [0.2, 0.25) is 5.91 Å². The van der Waals surface area contributed by atoms with E-state index < -0.39 is 0 Å². The van der Waals surface area contributed by atoms with Gasteiger partial charge in [-0.25, -0.2) is 0 Å². The van der Waals surface area contributed by atoms with Gasteiger partial charge in [-0.2, -0.15) is 0 Å². The summed E-state index contributed by atoms with van der Waals surface area (Å²) in [6.07, 6.45) is 2.34. The Balaban J connectivity index is 2.20. The van der Waals surface area contributed by atoms with Crippen molar-refractivity contribution in [2.45, 2.75) is 40.0 Å². The van der Waals surface area contributed by atoms with Crippen molar-refractivity contribution in [3.8, 4) is 5.75 Å². The molecule has 1 N–H and O–H groups in total. The maximum absolute atomic E-state index is 11.2. The van der Waals surface area contributed by atoms with Crippen molar-refractivity contribution in [1.29, 1.82) is 0 Å². The van der Waals surface area contributed by atoms with Crippen LogP contribution in [0, 0.1) is 13.8 Å². The van der Waals surface area contributed by atoms with Gasteiger partial charge in [-0.1, -0.05) is 24.6 Å². The number of carbonyl (C=O) groups excluding carboxylic acids is 1. The fraction of sp³-hybridized carbons (Fsp3) is 0.533. The van der Waals surface area contributed by atoms with E-state index >= 15 is 0 Å². The number of rotatable bonds is 7. The summed E-state index contributed by atoms with van der Waals surface area (Å²) in [4.78, 5) is 11.2. The van der Waals surface area contributed by atoms with Gasteiger partial charge in [0.25, 0.3) is 0 Å². The molecule has 1 aromatic carbocycles. The Labute approximate surface area is 110 Å². The summed E-state index contributed by atoms with van der Waals surface area (Å²) in [5.74, 6) is 1.06. The third kappa shape index (κ3) is 5.21. The molecule has 0 aliphatic rings. The highest BCUT2D eigenvalue weighted by molar-refractivity contribution is 5.75. The molecule has 0 unspecified atom stereocenters. The molecule has 0 saturated heterocycles. The monoisotopic (exact) mass is 249 g/mol. The molecule has 0 aliphatic heterocycles. The van der Waals surface area contributed by atoms with Crippen LogP contribution in [0.3, 0.4) is 0 Å². The van der Waals surface area contributed by atoms with Gasteiger partial charge in [-0.3, -0.25) is 4.79 Å². The molecule has 0 atom stereocenters. The van der Waals surface area contributed by atoms with Gasteiger partial charge >= 0.3 is 0 Å². The summed E-state index contributed by atoms with van der Waals surface area (Å²) in [6, 6.07) is 6.16. The van der Waals surface area contributed by atoms with Gasteiger partial charge in [-0.05, 0) is 38.3 Å². The van der Waals surface area contributed by atoms with E-state index in [0.29, 0.717) is 19.6 Å². The molecule has 0 aromatic heterocycles. The predicted octanol–water partition coefficient (Wildman–Crippen LogP) is 2.99. The summed E-state index contributed by atoms with van der Waals surface area (Å²) in [6.45, 7) is 7.44. The van der Waals surface area contributed by atoms with Crippen molar-refractivity contribution in [2.24, 2.45) is 0 Å². The molecule has 100 valence electrons. The van der Waals surface area contributed by atoms with Crippen LogP contribution in [0.1, 0.15) is 37.3 Å². The number of nitrogens with one attached hydrogen (secondary N) is 1. The standard InChI is InChI=1S/C15H23NO2/c1-4-6-15(17)16-9-5-10-18-14-8-7-12(2)11-13(14)3/h7-8,11H,4-6,9-10H2,1-3H3,(H,16,17). The molecule has 18 heavy (non-hydrogen) atoms. The highest BCUT2D eigenvalue weighted by Crippen LogP contribution is 2.18. The lowest BCUT2D eigenvalue weighted by Crippen LogP contribution is -2.25. The number of benzene rings is 1. The smallest absolute Gasteiger partial charge is 0.219 e. The SMILES string of the molecule is CCCC(=O)NCCCOc1ccc(C)cc1C. The fourth-order valence-corrected chi connectivity index (χ4v) is 1.76. The van der Waals surface area contributed by atoms with Gasteiger partial charge in [-0.15, -0.1) is 0 Å². The van der Waals surface area contributed by atoms with Gasteiger partial charge in [0.1, 0.15) is 5.75 Å². The Morgan fingerprint density at radius 3 is 2.78 bits per heavy atom. The summed E-state index contributed by atoms with van der Waals surface area (Å²) < 4.78 is 5.68. The normalized spacial score (nSPS) is 10.2. The summed E-state index contributed by atoms with van der Waals surface area (Å²) in [5, 5.41) is 2.87. The number of aryl methyl sites for hydroxylation is 2. The average Bonchev–Trinajstić information content (AvgIpc) is 2.31.